The molecule has 0 unspecified atom stereocenters. The van der Waals surface area contributed by atoms with Crippen LogP contribution in [0.5, 0.6) is 0 Å². The zero-order valence-electron chi connectivity index (χ0n) is 14.0. The van der Waals surface area contributed by atoms with Crippen molar-refractivity contribution in [2.45, 2.75) is 12.6 Å². The van der Waals surface area contributed by atoms with Gasteiger partial charge in [-0.1, -0.05) is 11.6 Å². The summed E-state index contributed by atoms with van der Waals surface area (Å²) in [6.45, 7) is -0.754. The van der Waals surface area contributed by atoms with Gasteiger partial charge in [-0.15, -0.1) is 0 Å². The number of aromatic nitrogens is 1. The first-order valence-corrected chi connectivity index (χ1v) is 8.04. The molecular formula is C16H13ClF3N3O5. The van der Waals surface area contributed by atoms with Crippen molar-refractivity contribution in [1.82, 2.24) is 10.3 Å². The van der Waals surface area contributed by atoms with Crippen LogP contribution >= 0.6 is 11.6 Å². The smallest absolute Gasteiger partial charge is 0.417 e. The van der Waals surface area contributed by atoms with Gasteiger partial charge >= 0.3 is 12.1 Å². The van der Waals surface area contributed by atoms with Crippen LogP contribution in [0.2, 0.25) is 5.02 Å². The Balaban J connectivity index is 1.73. The number of pyridine rings is 1. The number of furan rings is 1. The average molecular weight is 420 g/mol. The third-order valence-corrected chi connectivity index (χ3v) is 3.44. The Hall–Kier alpha value is -3.08. The van der Waals surface area contributed by atoms with E-state index in [1.54, 1.807) is 0 Å². The fourth-order valence-corrected chi connectivity index (χ4v) is 2.06. The van der Waals surface area contributed by atoms with Crippen molar-refractivity contribution in [3.05, 3.63) is 47.0 Å². The Kier molecular flexibility index (Phi) is 6.99. The highest BCUT2D eigenvalue weighted by Crippen LogP contribution is 2.32. The van der Waals surface area contributed by atoms with Crippen LogP contribution < -0.4 is 10.6 Å². The van der Waals surface area contributed by atoms with Crippen LogP contribution in [-0.2, 0) is 20.5 Å². The quantitative estimate of drug-likeness (QED) is 0.667. The molecule has 12 heteroatoms. The highest BCUT2D eigenvalue weighted by atomic mass is 35.5. The van der Waals surface area contributed by atoms with Gasteiger partial charge in [0.1, 0.15) is 0 Å². The normalized spacial score (nSPS) is 11.0. The molecular weight excluding hydrogens is 407 g/mol. The number of hydrogen-bond donors (Lipinski definition) is 2. The lowest BCUT2D eigenvalue weighted by molar-refractivity contribution is -0.147. The molecule has 28 heavy (non-hydrogen) atoms. The molecule has 8 nitrogen and oxygen atoms in total. The standard InChI is InChI=1S/C16H13ClF3N3O5/c17-10-6-9(16(18,19)20)7-22-14(10)23-12(24)8-28-13(25)3-4-21-15(26)11-2-1-5-27-11/h1-2,5-7H,3-4,8H2,(H,21,26)(H,22,23,24). The topological polar surface area (TPSA) is 111 Å². The Labute approximate surface area is 161 Å². The molecule has 0 spiro atoms. The van der Waals surface area contributed by atoms with Gasteiger partial charge in [0.2, 0.25) is 0 Å². The second kappa shape index (κ2) is 9.22. The summed E-state index contributed by atoms with van der Waals surface area (Å²) in [5.74, 6) is -2.36. The Morgan fingerprint density at radius 3 is 2.64 bits per heavy atom. The van der Waals surface area contributed by atoms with E-state index in [9.17, 15) is 27.6 Å². The van der Waals surface area contributed by atoms with Gasteiger partial charge in [0.15, 0.2) is 18.2 Å². The molecule has 0 aliphatic rings. The van der Waals surface area contributed by atoms with E-state index < -0.39 is 41.2 Å². The molecule has 2 aromatic rings. The maximum Gasteiger partial charge on any atom is 0.417 e. The number of nitrogens with one attached hydrogen (secondary N) is 2. The maximum atomic E-state index is 12.5. The van der Waals surface area contributed by atoms with Crippen LogP contribution in [0, 0.1) is 0 Å². The summed E-state index contributed by atoms with van der Waals surface area (Å²) in [6, 6.07) is 3.58. The molecule has 2 heterocycles. The fourth-order valence-electron chi connectivity index (χ4n) is 1.84. The third-order valence-electron chi connectivity index (χ3n) is 3.15. The van der Waals surface area contributed by atoms with Gasteiger partial charge < -0.3 is 19.8 Å². The number of anilines is 1. The van der Waals surface area contributed by atoms with E-state index >= 15 is 0 Å². The Morgan fingerprint density at radius 1 is 1.29 bits per heavy atom. The Bertz CT molecular complexity index is 856. The molecule has 2 N–H and O–H groups in total. The molecule has 0 fully saturated rings. The molecule has 0 saturated carbocycles. The molecule has 0 aliphatic heterocycles. The zero-order valence-corrected chi connectivity index (χ0v) is 14.8. The summed E-state index contributed by atoms with van der Waals surface area (Å²) in [6.07, 6.45) is -3.01. The molecule has 150 valence electrons. The van der Waals surface area contributed by atoms with Crippen molar-refractivity contribution >= 4 is 35.2 Å². The number of nitrogens with zero attached hydrogens (tertiary/aromatic N) is 1. The summed E-state index contributed by atoms with van der Waals surface area (Å²) in [7, 11) is 0. The number of esters is 1. The van der Waals surface area contributed by atoms with Crippen LogP contribution in [0.25, 0.3) is 0 Å². The van der Waals surface area contributed by atoms with Crippen LogP contribution in [-0.4, -0.2) is 35.9 Å². The van der Waals surface area contributed by atoms with E-state index in [1.807, 2.05) is 0 Å². The van der Waals surface area contributed by atoms with Gasteiger partial charge in [0.25, 0.3) is 11.8 Å². The zero-order chi connectivity index (χ0) is 20.7. The lowest BCUT2D eigenvalue weighted by Crippen LogP contribution is -2.27. The SMILES string of the molecule is O=C(COC(=O)CCNC(=O)c1ccco1)Nc1ncc(C(F)(F)F)cc1Cl. The minimum absolute atomic E-state index is 0.0493. The van der Waals surface area contributed by atoms with E-state index in [2.05, 4.69) is 20.4 Å². The highest BCUT2D eigenvalue weighted by molar-refractivity contribution is 6.33. The average Bonchev–Trinajstić information content (AvgIpc) is 3.15. The Morgan fingerprint density at radius 2 is 2.04 bits per heavy atom. The molecule has 0 atom stereocenters. The number of alkyl halides is 3. The summed E-state index contributed by atoms with van der Waals surface area (Å²) >= 11 is 5.65. The first kappa shape index (κ1) is 21.2. The number of carbonyl (C=O) groups excluding carboxylic acids is 3. The van der Waals surface area contributed by atoms with Crippen LogP contribution in [0.4, 0.5) is 19.0 Å². The molecule has 2 rings (SSSR count). The number of ether oxygens (including phenoxy) is 1. The van der Waals surface area contributed by atoms with Crippen LogP contribution in [0.1, 0.15) is 22.5 Å². The van der Waals surface area contributed by atoms with Gasteiger partial charge in [-0.25, -0.2) is 4.98 Å². The van der Waals surface area contributed by atoms with Crippen molar-refractivity contribution in [3.8, 4) is 0 Å². The van der Waals surface area contributed by atoms with E-state index in [0.29, 0.717) is 12.3 Å². The van der Waals surface area contributed by atoms with E-state index in [4.69, 9.17) is 16.0 Å². The van der Waals surface area contributed by atoms with Crippen molar-refractivity contribution in [2.75, 3.05) is 18.5 Å². The van der Waals surface area contributed by atoms with Crippen LogP contribution in [0.15, 0.2) is 35.1 Å². The highest BCUT2D eigenvalue weighted by Gasteiger charge is 2.31. The third kappa shape index (κ3) is 6.27. The van der Waals surface area contributed by atoms with Gasteiger partial charge in [-0.05, 0) is 18.2 Å². The van der Waals surface area contributed by atoms with Crippen molar-refractivity contribution in [1.29, 1.82) is 0 Å². The van der Waals surface area contributed by atoms with Gasteiger partial charge in [-0.2, -0.15) is 13.2 Å². The summed E-state index contributed by atoms with van der Waals surface area (Å²) in [5.41, 5.74) is -1.07. The summed E-state index contributed by atoms with van der Waals surface area (Å²) < 4.78 is 47.1. The number of amides is 2. The minimum Gasteiger partial charge on any atom is -0.459 e. The van der Waals surface area contributed by atoms with E-state index in [-0.39, 0.29) is 24.5 Å². The second-order valence-corrected chi connectivity index (χ2v) is 5.65. The molecule has 2 aromatic heterocycles. The van der Waals surface area contributed by atoms with E-state index in [1.165, 1.54) is 18.4 Å². The van der Waals surface area contributed by atoms with E-state index in [0.717, 1.165) is 0 Å². The number of carbonyl (C=O) groups is 3. The molecule has 0 aromatic carbocycles. The first-order chi connectivity index (χ1) is 13.2. The summed E-state index contributed by atoms with van der Waals surface area (Å²) in [5, 5.41) is 4.12. The van der Waals surface area contributed by atoms with Crippen LogP contribution in [0.3, 0.4) is 0 Å². The predicted octanol–water partition coefficient (Wildman–Crippen LogP) is 2.65. The van der Waals surface area contributed by atoms with Gasteiger partial charge in [0, 0.05) is 12.7 Å². The number of rotatable bonds is 7. The minimum atomic E-state index is -4.62. The largest absolute Gasteiger partial charge is 0.459 e. The summed E-state index contributed by atoms with van der Waals surface area (Å²) in [4.78, 5) is 38.2. The fraction of sp³-hybridized carbons (Fsp3) is 0.250. The van der Waals surface area contributed by atoms with Crippen molar-refractivity contribution < 1.29 is 36.7 Å². The lowest BCUT2D eigenvalue weighted by atomic mass is 10.3. The first-order valence-electron chi connectivity index (χ1n) is 7.66. The lowest BCUT2D eigenvalue weighted by Gasteiger charge is -2.10. The number of hydrogen-bond acceptors (Lipinski definition) is 6. The maximum absolute atomic E-state index is 12.5. The van der Waals surface area contributed by atoms with Crippen molar-refractivity contribution in [3.63, 3.8) is 0 Å². The molecule has 2 amide bonds. The monoisotopic (exact) mass is 419 g/mol. The van der Waals surface area contributed by atoms with Gasteiger partial charge in [-0.3, -0.25) is 14.4 Å². The molecule has 0 bridgehead atoms. The number of halogens is 4. The molecule has 0 aliphatic carbocycles. The molecule has 0 saturated heterocycles. The van der Waals surface area contributed by atoms with Gasteiger partial charge in [0.05, 0.1) is 23.3 Å². The van der Waals surface area contributed by atoms with Crippen molar-refractivity contribution in [2.24, 2.45) is 0 Å². The second-order valence-electron chi connectivity index (χ2n) is 5.24. The predicted molar refractivity (Wildman–Crippen MR) is 89.5 cm³/mol. The molecule has 0 radical (unpaired) electrons.